The summed E-state index contributed by atoms with van der Waals surface area (Å²) in [7, 11) is 1.58. The van der Waals surface area contributed by atoms with Gasteiger partial charge in [-0.05, 0) is 66.6 Å². The Hall–Kier alpha value is -6.10. The summed E-state index contributed by atoms with van der Waals surface area (Å²) in [6, 6.07) is 22.5. The van der Waals surface area contributed by atoms with Crippen molar-refractivity contribution in [1.29, 1.82) is 0 Å². The number of aryl methyl sites for hydroxylation is 2. The van der Waals surface area contributed by atoms with E-state index in [0.717, 1.165) is 28.8 Å². The van der Waals surface area contributed by atoms with E-state index in [0.29, 0.717) is 51.9 Å². The summed E-state index contributed by atoms with van der Waals surface area (Å²) in [4.78, 5) is 20.0. The van der Waals surface area contributed by atoms with Crippen molar-refractivity contribution in [3.8, 4) is 34.5 Å². The third kappa shape index (κ3) is 7.64. The van der Waals surface area contributed by atoms with Gasteiger partial charge in [0.1, 0.15) is 36.6 Å². The average molecular weight is 647 g/mol. The van der Waals surface area contributed by atoms with Gasteiger partial charge in [0.25, 0.3) is 0 Å². The molecule has 48 heavy (non-hydrogen) atoms. The zero-order chi connectivity index (χ0) is 33.5. The van der Waals surface area contributed by atoms with Crippen LogP contribution < -0.4 is 14.2 Å². The normalized spacial score (nSPS) is 11.2. The minimum absolute atomic E-state index is 0.0434. The molecule has 3 aromatic carbocycles. The summed E-state index contributed by atoms with van der Waals surface area (Å²) >= 11 is 0. The third-order valence-electron chi connectivity index (χ3n) is 7.45. The number of carboxylic acids is 1. The maximum absolute atomic E-state index is 11.0. The second-order valence-corrected chi connectivity index (χ2v) is 10.9. The van der Waals surface area contributed by atoms with Gasteiger partial charge in [0.05, 0.1) is 24.8 Å². The van der Waals surface area contributed by atoms with Gasteiger partial charge in [0, 0.05) is 18.2 Å². The fraction of sp³-hybridized carbons (Fsp3) is 0.189. The van der Waals surface area contributed by atoms with Gasteiger partial charge in [-0.25, -0.2) is 14.6 Å². The molecule has 0 saturated heterocycles. The van der Waals surface area contributed by atoms with Crippen LogP contribution in [0.2, 0.25) is 0 Å². The Morgan fingerprint density at radius 1 is 0.938 bits per heavy atom. The van der Waals surface area contributed by atoms with Crippen molar-refractivity contribution in [3.05, 3.63) is 125 Å². The van der Waals surface area contributed by atoms with E-state index in [9.17, 15) is 4.79 Å². The molecule has 11 nitrogen and oxygen atoms in total. The molecule has 3 aromatic heterocycles. The second kappa shape index (κ2) is 14.5. The molecule has 0 aliphatic carbocycles. The lowest BCUT2D eigenvalue weighted by molar-refractivity contribution is -0.136. The maximum Gasteiger partial charge on any atom is 0.307 e. The molecule has 0 saturated carbocycles. The Bertz CT molecular complexity index is 2020. The zero-order valence-corrected chi connectivity index (χ0v) is 26.8. The highest BCUT2D eigenvalue weighted by Crippen LogP contribution is 2.31. The highest BCUT2D eigenvalue weighted by molar-refractivity contribution is 5.71. The van der Waals surface area contributed by atoms with Gasteiger partial charge in [-0.15, -0.1) is 5.10 Å². The number of oxazole rings is 2. The monoisotopic (exact) mass is 646 g/mol. The number of benzene rings is 3. The lowest BCUT2D eigenvalue weighted by Gasteiger charge is -2.12. The van der Waals surface area contributed by atoms with Crippen molar-refractivity contribution >= 4 is 18.1 Å². The number of aliphatic carboxylic acids is 1. The van der Waals surface area contributed by atoms with Crippen molar-refractivity contribution in [2.75, 3.05) is 7.11 Å². The van der Waals surface area contributed by atoms with Crippen LogP contribution in [-0.4, -0.2) is 37.9 Å². The van der Waals surface area contributed by atoms with Crippen LogP contribution in [0.25, 0.3) is 29.3 Å². The van der Waals surface area contributed by atoms with Gasteiger partial charge in [-0.3, -0.25) is 4.79 Å². The molecule has 0 bridgehead atoms. The molecule has 0 spiro atoms. The predicted octanol–water partition coefficient (Wildman–Crippen LogP) is 7.35. The lowest BCUT2D eigenvalue weighted by atomic mass is 10.1. The molecule has 6 aromatic rings. The van der Waals surface area contributed by atoms with Gasteiger partial charge < -0.3 is 28.2 Å². The first-order chi connectivity index (χ1) is 23.4. The van der Waals surface area contributed by atoms with Crippen LogP contribution in [0.5, 0.6) is 17.4 Å². The molecule has 0 aliphatic rings. The first-order valence-corrected chi connectivity index (χ1v) is 15.4. The minimum atomic E-state index is -0.882. The minimum Gasteiger partial charge on any atom is -0.493 e. The molecular formula is C37H34N4O7. The van der Waals surface area contributed by atoms with E-state index >= 15 is 0 Å². The molecule has 11 heteroatoms. The molecule has 0 unspecified atom stereocenters. The van der Waals surface area contributed by atoms with Crippen LogP contribution in [0.4, 0.5) is 0 Å². The Kier molecular flexibility index (Phi) is 9.66. The molecule has 0 atom stereocenters. The summed E-state index contributed by atoms with van der Waals surface area (Å²) < 4.78 is 31.1. The molecule has 3 heterocycles. The number of aromatic nitrogens is 4. The zero-order valence-electron chi connectivity index (χ0n) is 26.8. The standard InChI is InChI=1S/C37H34N4O7/c1-4-34-38-29(22-46-34)16-15-28-20-41(30-8-6-5-7-9-30)40-37(28)47-21-26-12-17-32(33(18-26)44-3)45-23-31-24(2)48-36(39-31)27-13-10-25(11-14-27)19-35(42)43/h5-18,20,22H,4,19,21,23H2,1-3H3,(H,42,43). The van der Waals surface area contributed by atoms with Crippen LogP contribution in [0.15, 0.2) is 94.1 Å². The van der Waals surface area contributed by atoms with Crippen LogP contribution in [-0.2, 0) is 30.8 Å². The van der Waals surface area contributed by atoms with E-state index in [-0.39, 0.29) is 19.6 Å². The number of rotatable bonds is 14. The Labute approximate surface area is 277 Å². The summed E-state index contributed by atoms with van der Waals surface area (Å²) in [5.74, 6) is 2.39. The quantitative estimate of drug-likeness (QED) is 0.128. The summed E-state index contributed by atoms with van der Waals surface area (Å²) in [5.41, 5.74) is 5.35. The van der Waals surface area contributed by atoms with Gasteiger partial charge in [-0.1, -0.05) is 43.3 Å². The smallest absolute Gasteiger partial charge is 0.307 e. The Morgan fingerprint density at radius 2 is 1.73 bits per heavy atom. The van der Waals surface area contributed by atoms with Crippen molar-refractivity contribution in [2.45, 2.75) is 39.9 Å². The first-order valence-electron chi connectivity index (χ1n) is 15.4. The van der Waals surface area contributed by atoms with Crippen LogP contribution in [0.3, 0.4) is 0 Å². The Balaban J connectivity index is 1.14. The first kappa shape index (κ1) is 31.9. The lowest BCUT2D eigenvalue weighted by Crippen LogP contribution is -2.02. The maximum atomic E-state index is 11.0. The van der Waals surface area contributed by atoms with E-state index in [2.05, 4.69) is 9.97 Å². The Morgan fingerprint density at radius 3 is 2.46 bits per heavy atom. The van der Waals surface area contributed by atoms with Crippen molar-refractivity contribution in [1.82, 2.24) is 19.7 Å². The van der Waals surface area contributed by atoms with E-state index in [1.165, 1.54) is 0 Å². The molecule has 6 rings (SSSR count). The van der Waals surface area contributed by atoms with Crippen molar-refractivity contribution < 1.29 is 32.9 Å². The van der Waals surface area contributed by atoms with Crippen molar-refractivity contribution in [2.24, 2.45) is 0 Å². The molecule has 0 amide bonds. The largest absolute Gasteiger partial charge is 0.493 e. The predicted molar refractivity (Wildman–Crippen MR) is 178 cm³/mol. The molecule has 0 aliphatic heterocycles. The van der Waals surface area contributed by atoms with Crippen LogP contribution in [0, 0.1) is 6.92 Å². The van der Waals surface area contributed by atoms with E-state index in [1.54, 1.807) is 42.3 Å². The van der Waals surface area contributed by atoms with E-state index in [1.807, 2.05) is 80.7 Å². The third-order valence-corrected chi connectivity index (χ3v) is 7.45. The summed E-state index contributed by atoms with van der Waals surface area (Å²) in [6.07, 6.45) is 7.98. The summed E-state index contributed by atoms with van der Waals surface area (Å²) in [5, 5.41) is 13.7. The van der Waals surface area contributed by atoms with E-state index < -0.39 is 5.97 Å². The SMILES string of the molecule is CCc1nc(C=Cc2cn(-c3ccccc3)nc2OCc2ccc(OCc3nc(-c4ccc(CC(=O)O)cc4)oc3C)c(OC)c2)co1. The van der Waals surface area contributed by atoms with Crippen molar-refractivity contribution in [3.63, 3.8) is 0 Å². The second-order valence-electron chi connectivity index (χ2n) is 10.9. The number of carbonyl (C=O) groups is 1. The van der Waals surface area contributed by atoms with Gasteiger partial charge in [0.2, 0.25) is 11.8 Å². The van der Waals surface area contributed by atoms with Crippen LogP contribution in [0.1, 0.15) is 46.7 Å². The fourth-order valence-electron chi connectivity index (χ4n) is 4.89. The number of hydrogen-bond donors (Lipinski definition) is 1. The number of methoxy groups -OCH3 is 1. The van der Waals surface area contributed by atoms with E-state index in [4.69, 9.17) is 33.3 Å². The number of nitrogens with zero attached hydrogens (tertiary/aromatic N) is 4. The highest BCUT2D eigenvalue weighted by Gasteiger charge is 2.15. The number of ether oxygens (including phenoxy) is 3. The summed E-state index contributed by atoms with van der Waals surface area (Å²) in [6.45, 7) is 4.22. The van der Waals surface area contributed by atoms with Gasteiger partial charge >= 0.3 is 5.97 Å². The molecule has 244 valence electrons. The highest BCUT2D eigenvalue weighted by atomic mass is 16.5. The average Bonchev–Trinajstić information content (AvgIpc) is 3.84. The number of carboxylic acid groups (broad SMARTS) is 1. The number of hydrogen-bond acceptors (Lipinski definition) is 9. The molecular weight excluding hydrogens is 612 g/mol. The fourth-order valence-corrected chi connectivity index (χ4v) is 4.89. The van der Waals surface area contributed by atoms with Crippen LogP contribution >= 0.6 is 0 Å². The van der Waals surface area contributed by atoms with Gasteiger partial charge in [-0.2, -0.15) is 0 Å². The molecule has 1 N–H and O–H groups in total. The van der Waals surface area contributed by atoms with Gasteiger partial charge in [0.15, 0.2) is 17.4 Å². The number of para-hydroxylation sites is 1. The molecule has 0 radical (unpaired) electrons. The molecule has 0 fully saturated rings. The topological polar surface area (TPSA) is 135 Å².